The molecule has 0 bridgehead atoms. The van der Waals surface area contributed by atoms with Crippen molar-refractivity contribution in [2.45, 2.75) is 25.8 Å². The van der Waals surface area contributed by atoms with Crippen LogP contribution in [-0.2, 0) is 4.74 Å². The van der Waals surface area contributed by atoms with E-state index in [9.17, 15) is 0 Å². The van der Waals surface area contributed by atoms with Crippen molar-refractivity contribution >= 4 is 10.9 Å². The molecular weight excluding hydrogens is 248 g/mol. The Morgan fingerprint density at radius 3 is 2.75 bits per heavy atom. The Labute approximate surface area is 120 Å². The molecule has 1 aliphatic rings. The molecule has 1 aromatic carbocycles. The molecule has 0 aliphatic carbocycles. The Bertz CT molecular complexity index is 591. The smallest absolute Gasteiger partial charge is 0.0708 e. The van der Waals surface area contributed by atoms with Crippen LogP contribution in [0.25, 0.3) is 10.9 Å². The molecule has 20 heavy (non-hydrogen) atoms. The quantitative estimate of drug-likeness (QED) is 0.929. The van der Waals surface area contributed by atoms with Gasteiger partial charge in [-0.15, -0.1) is 0 Å². The second-order valence-electron chi connectivity index (χ2n) is 5.60. The second-order valence-corrected chi connectivity index (χ2v) is 5.60. The number of fused-ring (bicyclic) bond motifs is 1. The fourth-order valence-corrected chi connectivity index (χ4v) is 3.21. The molecule has 106 valence electrons. The number of aryl methyl sites for hydroxylation is 1. The lowest BCUT2D eigenvalue weighted by molar-refractivity contribution is 0.0541. The molecule has 0 spiro atoms. The molecule has 2 heterocycles. The average Bonchev–Trinajstić information content (AvgIpc) is 2.49. The van der Waals surface area contributed by atoms with Gasteiger partial charge >= 0.3 is 0 Å². The summed E-state index contributed by atoms with van der Waals surface area (Å²) in [6.07, 6.45) is 2.22. The number of hydrogen-bond donors (Lipinski definition) is 1. The standard InChI is InChI=1S/C17H22N2O/c1-12-11-16(19-15-6-4-3-5-14(12)15)17(18-2)13-7-9-20-10-8-13/h3-6,11,13,17-18H,7-10H2,1-2H3. The molecule has 0 saturated carbocycles. The number of aromatic nitrogens is 1. The molecule has 3 rings (SSSR count). The summed E-state index contributed by atoms with van der Waals surface area (Å²) >= 11 is 0. The van der Waals surface area contributed by atoms with E-state index in [1.807, 2.05) is 7.05 Å². The molecule has 1 unspecified atom stereocenters. The number of pyridine rings is 1. The van der Waals surface area contributed by atoms with E-state index in [1.54, 1.807) is 0 Å². The summed E-state index contributed by atoms with van der Waals surface area (Å²) in [6.45, 7) is 3.91. The first kappa shape index (κ1) is 13.5. The average molecular weight is 270 g/mol. The Morgan fingerprint density at radius 2 is 2.00 bits per heavy atom. The molecule has 1 aliphatic heterocycles. The van der Waals surface area contributed by atoms with E-state index in [-0.39, 0.29) is 0 Å². The Balaban J connectivity index is 1.98. The number of para-hydroxylation sites is 1. The van der Waals surface area contributed by atoms with Crippen molar-refractivity contribution in [2.75, 3.05) is 20.3 Å². The van der Waals surface area contributed by atoms with E-state index in [0.717, 1.165) is 37.3 Å². The van der Waals surface area contributed by atoms with Crippen molar-refractivity contribution < 1.29 is 4.74 Å². The van der Waals surface area contributed by atoms with Crippen LogP contribution in [0.3, 0.4) is 0 Å². The highest BCUT2D eigenvalue weighted by Crippen LogP contribution is 2.30. The van der Waals surface area contributed by atoms with Crippen LogP contribution in [0.5, 0.6) is 0 Å². The molecule has 0 radical (unpaired) electrons. The normalized spacial score (nSPS) is 18.3. The highest BCUT2D eigenvalue weighted by atomic mass is 16.5. The Morgan fingerprint density at radius 1 is 1.25 bits per heavy atom. The summed E-state index contributed by atoms with van der Waals surface area (Å²) in [6, 6.07) is 10.9. The van der Waals surface area contributed by atoms with Crippen molar-refractivity contribution in [2.24, 2.45) is 5.92 Å². The van der Waals surface area contributed by atoms with Crippen LogP contribution in [0.4, 0.5) is 0 Å². The summed E-state index contributed by atoms with van der Waals surface area (Å²) in [5.74, 6) is 0.613. The Hall–Kier alpha value is -1.45. The SMILES string of the molecule is CNC(c1cc(C)c2ccccc2n1)C1CCOCC1. The van der Waals surface area contributed by atoms with Crippen molar-refractivity contribution in [1.82, 2.24) is 10.3 Å². The zero-order valence-corrected chi connectivity index (χ0v) is 12.2. The molecule has 2 aromatic rings. The van der Waals surface area contributed by atoms with Gasteiger partial charge in [-0.1, -0.05) is 18.2 Å². The zero-order valence-electron chi connectivity index (χ0n) is 12.2. The van der Waals surface area contributed by atoms with Gasteiger partial charge < -0.3 is 10.1 Å². The van der Waals surface area contributed by atoms with E-state index in [1.165, 1.54) is 10.9 Å². The number of hydrogen-bond acceptors (Lipinski definition) is 3. The van der Waals surface area contributed by atoms with Crippen LogP contribution in [0.2, 0.25) is 0 Å². The minimum absolute atomic E-state index is 0.321. The third kappa shape index (κ3) is 2.56. The van der Waals surface area contributed by atoms with Gasteiger partial charge in [-0.2, -0.15) is 0 Å². The molecule has 1 atom stereocenters. The highest BCUT2D eigenvalue weighted by Gasteiger charge is 2.25. The lowest BCUT2D eigenvalue weighted by Crippen LogP contribution is -2.30. The molecule has 1 aromatic heterocycles. The minimum Gasteiger partial charge on any atom is -0.381 e. The fraction of sp³-hybridized carbons (Fsp3) is 0.471. The van der Waals surface area contributed by atoms with Gasteiger partial charge in [0.15, 0.2) is 0 Å². The molecule has 1 saturated heterocycles. The fourth-order valence-electron chi connectivity index (χ4n) is 3.21. The summed E-state index contributed by atoms with van der Waals surface area (Å²) in [5, 5.41) is 4.71. The second kappa shape index (κ2) is 5.90. The van der Waals surface area contributed by atoms with Gasteiger partial charge in [-0.3, -0.25) is 4.98 Å². The predicted octanol–water partition coefficient (Wildman–Crippen LogP) is 3.23. The number of nitrogens with one attached hydrogen (secondary N) is 1. The molecule has 0 amide bonds. The van der Waals surface area contributed by atoms with Gasteiger partial charge in [0.05, 0.1) is 17.3 Å². The predicted molar refractivity (Wildman–Crippen MR) is 81.8 cm³/mol. The van der Waals surface area contributed by atoms with Crippen LogP contribution in [0.15, 0.2) is 30.3 Å². The monoisotopic (exact) mass is 270 g/mol. The third-order valence-electron chi connectivity index (χ3n) is 4.31. The van der Waals surface area contributed by atoms with E-state index in [2.05, 4.69) is 42.6 Å². The highest BCUT2D eigenvalue weighted by molar-refractivity contribution is 5.82. The van der Waals surface area contributed by atoms with Crippen molar-refractivity contribution in [3.05, 3.63) is 41.6 Å². The zero-order chi connectivity index (χ0) is 13.9. The lowest BCUT2D eigenvalue weighted by Gasteiger charge is -2.30. The van der Waals surface area contributed by atoms with Crippen molar-refractivity contribution in [3.8, 4) is 0 Å². The number of ether oxygens (including phenoxy) is 1. The van der Waals surface area contributed by atoms with Gasteiger partial charge in [0, 0.05) is 18.6 Å². The number of benzene rings is 1. The molecule has 3 heteroatoms. The maximum absolute atomic E-state index is 5.48. The maximum atomic E-state index is 5.48. The summed E-state index contributed by atoms with van der Waals surface area (Å²) < 4.78 is 5.48. The largest absolute Gasteiger partial charge is 0.381 e. The van der Waals surface area contributed by atoms with Crippen molar-refractivity contribution in [1.29, 1.82) is 0 Å². The van der Waals surface area contributed by atoms with Gasteiger partial charge in [-0.25, -0.2) is 0 Å². The summed E-state index contributed by atoms with van der Waals surface area (Å²) in [4.78, 5) is 4.88. The molecule has 1 N–H and O–H groups in total. The van der Waals surface area contributed by atoms with Gasteiger partial charge in [-0.05, 0) is 50.4 Å². The van der Waals surface area contributed by atoms with Crippen LogP contribution < -0.4 is 5.32 Å². The van der Waals surface area contributed by atoms with Crippen LogP contribution in [0, 0.1) is 12.8 Å². The van der Waals surface area contributed by atoms with Gasteiger partial charge in [0.1, 0.15) is 0 Å². The van der Waals surface area contributed by atoms with E-state index < -0.39 is 0 Å². The van der Waals surface area contributed by atoms with Crippen LogP contribution >= 0.6 is 0 Å². The van der Waals surface area contributed by atoms with Gasteiger partial charge in [0.25, 0.3) is 0 Å². The van der Waals surface area contributed by atoms with E-state index in [4.69, 9.17) is 9.72 Å². The summed E-state index contributed by atoms with van der Waals surface area (Å²) in [7, 11) is 2.03. The molecule has 3 nitrogen and oxygen atoms in total. The third-order valence-corrected chi connectivity index (χ3v) is 4.31. The molecular formula is C17H22N2O. The number of rotatable bonds is 3. The summed E-state index contributed by atoms with van der Waals surface area (Å²) in [5.41, 5.74) is 3.56. The molecule has 1 fully saturated rings. The minimum atomic E-state index is 0.321. The number of nitrogens with zero attached hydrogens (tertiary/aromatic N) is 1. The first-order chi connectivity index (χ1) is 9.79. The van der Waals surface area contributed by atoms with Crippen molar-refractivity contribution in [3.63, 3.8) is 0 Å². The Kier molecular flexibility index (Phi) is 3.99. The van der Waals surface area contributed by atoms with Crippen LogP contribution in [0.1, 0.15) is 30.1 Å². The van der Waals surface area contributed by atoms with E-state index in [0.29, 0.717) is 12.0 Å². The van der Waals surface area contributed by atoms with E-state index >= 15 is 0 Å². The first-order valence-corrected chi connectivity index (χ1v) is 7.41. The topological polar surface area (TPSA) is 34.2 Å². The lowest BCUT2D eigenvalue weighted by atomic mass is 9.89. The van der Waals surface area contributed by atoms with Crippen LogP contribution in [-0.4, -0.2) is 25.2 Å². The maximum Gasteiger partial charge on any atom is 0.0708 e. The van der Waals surface area contributed by atoms with Gasteiger partial charge in [0.2, 0.25) is 0 Å². The first-order valence-electron chi connectivity index (χ1n) is 7.41.